The number of hydrogen-bond acceptors (Lipinski definition) is 3. The van der Waals surface area contributed by atoms with Crippen LogP contribution in [0.1, 0.15) is 53.5 Å². The smallest absolute Gasteiger partial charge is 0.354 e. The Hall–Kier alpha value is -1.91. The molecule has 1 heterocycles. The standard InChI is InChI=1S/C15H20N2O3/c1-10-4-2-3-5-11(10)8-17-14(18)12-6-7-13(15(19)20)16-9-12/h6-7,9-11H,2-5,8H2,1H3,(H,17,18)(H,19,20). The van der Waals surface area contributed by atoms with Crippen molar-refractivity contribution in [3.8, 4) is 0 Å². The Balaban J connectivity index is 1.89. The predicted molar refractivity (Wildman–Crippen MR) is 74.7 cm³/mol. The van der Waals surface area contributed by atoms with Gasteiger partial charge in [-0.1, -0.05) is 26.2 Å². The number of carbonyl (C=O) groups is 2. The second kappa shape index (κ2) is 6.50. The lowest BCUT2D eigenvalue weighted by atomic mass is 9.80. The lowest BCUT2D eigenvalue weighted by Gasteiger charge is -2.28. The van der Waals surface area contributed by atoms with Gasteiger partial charge in [-0.3, -0.25) is 4.79 Å². The van der Waals surface area contributed by atoms with Crippen LogP contribution in [0.25, 0.3) is 0 Å². The number of aromatic nitrogens is 1. The van der Waals surface area contributed by atoms with Crippen molar-refractivity contribution in [3.05, 3.63) is 29.6 Å². The zero-order valence-corrected chi connectivity index (χ0v) is 11.6. The number of nitrogens with zero attached hydrogens (tertiary/aromatic N) is 1. The molecule has 0 aromatic carbocycles. The van der Waals surface area contributed by atoms with Crippen LogP contribution in [0.4, 0.5) is 0 Å². The molecule has 2 atom stereocenters. The van der Waals surface area contributed by atoms with Gasteiger partial charge in [0.05, 0.1) is 5.56 Å². The van der Waals surface area contributed by atoms with E-state index in [1.54, 1.807) is 0 Å². The Bertz CT molecular complexity index is 484. The summed E-state index contributed by atoms with van der Waals surface area (Å²) in [6.07, 6.45) is 6.22. The Morgan fingerprint density at radius 2 is 2.10 bits per heavy atom. The molecule has 2 unspecified atom stereocenters. The number of carbonyl (C=O) groups excluding carboxylic acids is 1. The van der Waals surface area contributed by atoms with E-state index >= 15 is 0 Å². The van der Waals surface area contributed by atoms with Crippen molar-refractivity contribution < 1.29 is 14.7 Å². The summed E-state index contributed by atoms with van der Waals surface area (Å²) >= 11 is 0. The summed E-state index contributed by atoms with van der Waals surface area (Å²) in [6.45, 7) is 2.92. The van der Waals surface area contributed by atoms with Gasteiger partial charge in [-0.2, -0.15) is 0 Å². The molecule has 0 bridgehead atoms. The molecule has 1 aromatic rings. The number of carboxylic acids is 1. The number of nitrogens with one attached hydrogen (secondary N) is 1. The summed E-state index contributed by atoms with van der Waals surface area (Å²) < 4.78 is 0. The predicted octanol–water partition coefficient (Wildman–Crippen LogP) is 2.34. The fourth-order valence-corrected chi connectivity index (χ4v) is 2.68. The van der Waals surface area contributed by atoms with E-state index in [1.807, 2.05) is 0 Å². The van der Waals surface area contributed by atoms with Crippen molar-refractivity contribution in [1.29, 1.82) is 0 Å². The number of hydrogen-bond donors (Lipinski definition) is 2. The van der Waals surface area contributed by atoms with Crippen molar-refractivity contribution >= 4 is 11.9 Å². The minimum atomic E-state index is -1.09. The molecule has 2 rings (SSSR count). The number of carboxylic acid groups (broad SMARTS) is 1. The van der Waals surface area contributed by atoms with Gasteiger partial charge in [0, 0.05) is 12.7 Å². The van der Waals surface area contributed by atoms with Crippen LogP contribution in [0.2, 0.25) is 0 Å². The number of rotatable bonds is 4. The number of aromatic carboxylic acids is 1. The Morgan fingerprint density at radius 3 is 2.70 bits per heavy atom. The lowest BCUT2D eigenvalue weighted by molar-refractivity contribution is 0.0689. The molecule has 5 nitrogen and oxygen atoms in total. The molecule has 1 amide bonds. The van der Waals surface area contributed by atoms with Crippen molar-refractivity contribution in [2.75, 3.05) is 6.54 Å². The van der Waals surface area contributed by atoms with Gasteiger partial charge >= 0.3 is 5.97 Å². The van der Waals surface area contributed by atoms with Gasteiger partial charge in [-0.15, -0.1) is 0 Å². The first-order valence-corrected chi connectivity index (χ1v) is 7.05. The maximum Gasteiger partial charge on any atom is 0.354 e. The van der Waals surface area contributed by atoms with Crippen molar-refractivity contribution in [1.82, 2.24) is 10.3 Å². The third-order valence-electron chi connectivity index (χ3n) is 4.06. The summed E-state index contributed by atoms with van der Waals surface area (Å²) in [4.78, 5) is 26.4. The highest BCUT2D eigenvalue weighted by Gasteiger charge is 2.21. The van der Waals surface area contributed by atoms with E-state index in [0.717, 1.165) is 6.42 Å². The molecule has 2 N–H and O–H groups in total. The van der Waals surface area contributed by atoms with Gasteiger partial charge in [-0.05, 0) is 30.4 Å². The molecule has 1 aliphatic rings. The number of amides is 1. The summed E-state index contributed by atoms with van der Waals surface area (Å²) in [7, 11) is 0. The molecule has 20 heavy (non-hydrogen) atoms. The Labute approximate surface area is 118 Å². The molecule has 1 fully saturated rings. The maximum atomic E-state index is 12.0. The van der Waals surface area contributed by atoms with Crippen LogP contribution < -0.4 is 5.32 Å². The SMILES string of the molecule is CC1CCCCC1CNC(=O)c1ccc(C(=O)O)nc1. The molecule has 5 heteroatoms. The first-order chi connectivity index (χ1) is 9.58. The normalized spacial score (nSPS) is 22.2. The first kappa shape index (κ1) is 14.5. The van der Waals surface area contributed by atoms with E-state index in [1.165, 1.54) is 37.6 Å². The van der Waals surface area contributed by atoms with E-state index in [0.29, 0.717) is 23.9 Å². The van der Waals surface area contributed by atoms with Crippen LogP contribution in [-0.2, 0) is 0 Å². The van der Waals surface area contributed by atoms with E-state index in [9.17, 15) is 9.59 Å². The fraction of sp³-hybridized carbons (Fsp3) is 0.533. The Morgan fingerprint density at radius 1 is 1.35 bits per heavy atom. The van der Waals surface area contributed by atoms with Crippen LogP contribution in [0, 0.1) is 11.8 Å². The highest BCUT2D eigenvalue weighted by molar-refractivity contribution is 5.94. The van der Waals surface area contributed by atoms with Crippen LogP contribution in [0.3, 0.4) is 0 Å². The average molecular weight is 276 g/mol. The lowest BCUT2D eigenvalue weighted by Crippen LogP contribution is -2.33. The maximum absolute atomic E-state index is 12.0. The van der Waals surface area contributed by atoms with Crippen molar-refractivity contribution in [2.45, 2.75) is 32.6 Å². The average Bonchev–Trinajstić information content (AvgIpc) is 2.46. The molecular formula is C15H20N2O3. The topological polar surface area (TPSA) is 79.3 Å². The van der Waals surface area contributed by atoms with Crippen LogP contribution in [0.5, 0.6) is 0 Å². The highest BCUT2D eigenvalue weighted by atomic mass is 16.4. The monoisotopic (exact) mass is 276 g/mol. The summed E-state index contributed by atoms with van der Waals surface area (Å²) in [5.74, 6) is -0.0873. The van der Waals surface area contributed by atoms with Crippen molar-refractivity contribution in [3.63, 3.8) is 0 Å². The summed E-state index contributed by atoms with van der Waals surface area (Å²) in [6, 6.07) is 2.84. The van der Waals surface area contributed by atoms with Crippen molar-refractivity contribution in [2.24, 2.45) is 11.8 Å². The molecule has 0 radical (unpaired) electrons. The van der Waals surface area contributed by atoms with E-state index < -0.39 is 5.97 Å². The largest absolute Gasteiger partial charge is 0.477 e. The summed E-state index contributed by atoms with van der Waals surface area (Å²) in [5, 5.41) is 11.7. The minimum Gasteiger partial charge on any atom is -0.477 e. The van der Waals surface area contributed by atoms with E-state index in [2.05, 4.69) is 17.2 Å². The number of pyridine rings is 1. The molecule has 1 saturated carbocycles. The van der Waals surface area contributed by atoms with E-state index in [4.69, 9.17) is 5.11 Å². The second-order valence-corrected chi connectivity index (χ2v) is 5.47. The third-order valence-corrected chi connectivity index (χ3v) is 4.06. The van der Waals surface area contributed by atoms with Crippen LogP contribution in [-0.4, -0.2) is 28.5 Å². The van der Waals surface area contributed by atoms with Crippen LogP contribution >= 0.6 is 0 Å². The van der Waals surface area contributed by atoms with E-state index in [-0.39, 0.29) is 11.6 Å². The fourth-order valence-electron chi connectivity index (χ4n) is 2.68. The molecule has 0 aliphatic heterocycles. The van der Waals surface area contributed by atoms with Gasteiger partial charge in [0.15, 0.2) is 0 Å². The molecular weight excluding hydrogens is 256 g/mol. The van der Waals surface area contributed by atoms with Gasteiger partial charge < -0.3 is 10.4 Å². The third kappa shape index (κ3) is 3.56. The molecule has 0 spiro atoms. The first-order valence-electron chi connectivity index (χ1n) is 7.05. The van der Waals surface area contributed by atoms with Gasteiger partial charge in [-0.25, -0.2) is 9.78 Å². The van der Waals surface area contributed by atoms with Crippen LogP contribution in [0.15, 0.2) is 18.3 Å². The molecule has 1 aliphatic carbocycles. The van der Waals surface area contributed by atoms with Gasteiger partial charge in [0.25, 0.3) is 5.91 Å². The molecule has 1 aromatic heterocycles. The zero-order valence-electron chi connectivity index (χ0n) is 11.6. The zero-order chi connectivity index (χ0) is 14.5. The molecule has 0 saturated heterocycles. The second-order valence-electron chi connectivity index (χ2n) is 5.47. The van der Waals surface area contributed by atoms with Gasteiger partial charge in [0.1, 0.15) is 5.69 Å². The quantitative estimate of drug-likeness (QED) is 0.884. The molecule has 108 valence electrons. The minimum absolute atomic E-state index is 0.0533. The Kier molecular flexibility index (Phi) is 4.71. The van der Waals surface area contributed by atoms with Gasteiger partial charge in [0.2, 0.25) is 0 Å². The highest BCUT2D eigenvalue weighted by Crippen LogP contribution is 2.28. The summed E-state index contributed by atoms with van der Waals surface area (Å²) in [5.41, 5.74) is 0.348.